The molecule has 2 rings (SSSR count). The normalized spacial score (nSPS) is 15.0. The highest BCUT2D eigenvalue weighted by Crippen LogP contribution is 2.18. The molecule has 0 aliphatic heterocycles. The van der Waals surface area contributed by atoms with E-state index in [1.807, 2.05) is 0 Å². The molecule has 1 aromatic heterocycles. The van der Waals surface area contributed by atoms with Gasteiger partial charge in [0.15, 0.2) is 5.69 Å². The number of nitrogens with one attached hydrogen (secondary N) is 2. The van der Waals surface area contributed by atoms with Gasteiger partial charge in [0.25, 0.3) is 6.01 Å². The number of rotatable bonds is 7. The summed E-state index contributed by atoms with van der Waals surface area (Å²) < 4.78 is 4.94. The molecule has 1 fully saturated rings. The van der Waals surface area contributed by atoms with Gasteiger partial charge in [0.2, 0.25) is 0 Å². The van der Waals surface area contributed by atoms with Gasteiger partial charge in [-0.3, -0.25) is 0 Å². The van der Waals surface area contributed by atoms with Crippen molar-refractivity contribution in [2.45, 2.75) is 25.3 Å². The fraction of sp³-hybridized carbons (Fsp3) is 0.600. The van der Waals surface area contributed by atoms with Crippen LogP contribution in [0.15, 0.2) is 10.7 Å². The predicted molar refractivity (Wildman–Crippen MR) is 57.6 cm³/mol. The minimum atomic E-state index is -1.08. The van der Waals surface area contributed by atoms with Crippen LogP contribution in [0.4, 0.5) is 6.01 Å². The monoisotopic (exact) mass is 225 g/mol. The Morgan fingerprint density at radius 3 is 3.00 bits per heavy atom. The second kappa shape index (κ2) is 4.98. The Morgan fingerprint density at radius 1 is 1.56 bits per heavy atom. The average molecular weight is 225 g/mol. The van der Waals surface area contributed by atoms with Crippen LogP contribution < -0.4 is 10.6 Å². The van der Waals surface area contributed by atoms with Gasteiger partial charge in [-0.1, -0.05) is 0 Å². The maximum absolute atomic E-state index is 10.5. The van der Waals surface area contributed by atoms with Crippen molar-refractivity contribution < 1.29 is 14.3 Å². The van der Waals surface area contributed by atoms with Crippen LogP contribution in [0.1, 0.15) is 29.8 Å². The zero-order valence-corrected chi connectivity index (χ0v) is 8.90. The molecule has 6 heteroatoms. The van der Waals surface area contributed by atoms with Gasteiger partial charge >= 0.3 is 5.97 Å². The number of carboxylic acid groups (broad SMARTS) is 1. The number of aromatic carboxylic acids is 1. The molecule has 0 bridgehead atoms. The molecule has 0 aromatic carbocycles. The molecule has 1 heterocycles. The van der Waals surface area contributed by atoms with Crippen molar-refractivity contribution in [1.82, 2.24) is 10.3 Å². The summed E-state index contributed by atoms with van der Waals surface area (Å²) in [4.78, 5) is 14.3. The molecule has 0 saturated heterocycles. The van der Waals surface area contributed by atoms with E-state index in [-0.39, 0.29) is 11.7 Å². The quantitative estimate of drug-likeness (QED) is 0.598. The maximum Gasteiger partial charge on any atom is 0.357 e. The van der Waals surface area contributed by atoms with Crippen LogP contribution in [0.2, 0.25) is 0 Å². The Bertz CT molecular complexity index is 360. The molecule has 0 spiro atoms. The minimum Gasteiger partial charge on any atom is -0.476 e. The Balaban J connectivity index is 1.62. The summed E-state index contributed by atoms with van der Waals surface area (Å²) in [6.45, 7) is 1.68. The Morgan fingerprint density at radius 2 is 2.38 bits per heavy atom. The van der Waals surface area contributed by atoms with E-state index in [1.165, 1.54) is 12.8 Å². The minimum absolute atomic E-state index is 0.0707. The summed E-state index contributed by atoms with van der Waals surface area (Å²) >= 11 is 0. The first-order valence-corrected chi connectivity index (χ1v) is 5.42. The number of carbonyl (C=O) groups is 1. The first kappa shape index (κ1) is 10.9. The topological polar surface area (TPSA) is 87.4 Å². The van der Waals surface area contributed by atoms with E-state index in [2.05, 4.69) is 15.6 Å². The van der Waals surface area contributed by atoms with Gasteiger partial charge < -0.3 is 20.2 Å². The fourth-order valence-corrected chi connectivity index (χ4v) is 1.33. The van der Waals surface area contributed by atoms with Crippen molar-refractivity contribution in [3.05, 3.63) is 12.0 Å². The van der Waals surface area contributed by atoms with Gasteiger partial charge in [0, 0.05) is 12.6 Å². The van der Waals surface area contributed by atoms with Crippen LogP contribution in [0.5, 0.6) is 0 Å². The van der Waals surface area contributed by atoms with Crippen LogP contribution in [0.25, 0.3) is 0 Å². The van der Waals surface area contributed by atoms with Crippen LogP contribution in [0.3, 0.4) is 0 Å². The maximum atomic E-state index is 10.5. The summed E-state index contributed by atoms with van der Waals surface area (Å²) in [7, 11) is 0. The molecule has 1 aromatic rings. The van der Waals surface area contributed by atoms with Crippen molar-refractivity contribution in [3.8, 4) is 0 Å². The smallest absolute Gasteiger partial charge is 0.357 e. The van der Waals surface area contributed by atoms with Crippen molar-refractivity contribution >= 4 is 12.0 Å². The van der Waals surface area contributed by atoms with E-state index in [4.69, 9.17) is 9.52 Å². The number of hydrogen-bond acceptors (Lipinski definition) is 5. The lowest BCUT2D eigenvalue weighted by Gasteiger charge is -2.02. The number of aromatic nitrogens is 1. The van der Waals surface area contributed by atoms with Crippen molar-refractivity contribution in [3.63, 3.8) is 0 Å². The van der Waals surface area contributed by atoms with Gasteiger partial charge in [-0.2, -0.15) is 4.98 Å². The third kappa shape index (κ3) is 3.23. The molecule has 6 nitrogen and oxygen atoms in total. The van der Waals surface area contributed by atoms with Crippen molar-refractivity contribution in [2.24, 2.45) is 0 Å². The van der Waals surface area contributed by atoms with Crippen LogP contribution in [0, 0.1) is 0 Å². The summed E-state index contributed by atoms with van der Waals surface area (Å²) in [5.41, 5.74) is -0.0707. The molecule has 1 saturated carbocycles. The summed E-state index contributed by atoms with van der Waals surface area (Å²) in [5, 5.41) is 14.9. The number of hydrogen-bond donors (Lipinski definition) is 3. The Labute approximate surface area is 93.0 Å². The lowest BCUT2D eigenvalue weighted by atomic mass is 10.4. The van der Waals surface area contributed by atoms with E-state index in [0.29, 0.717) is 0 Å². The standard InChI is InChI=1S/C10H15N3O3/c14-9(15)8-6-16-10(13-8)12-5-1-4-11-7-2-3-7/h6-7,11H,1-5H2,(H,12,13)(H,14,15). The molecule has 1 aliphatic rings. The van der Waals surface area contributed by atoms with Crippen molar-refractivity contribution in [2.75, 3.05) is 18.4 Å². The molecule has 0 radical (unpaired) electrons. The molecular formula is C10H15N3O3. The molecular weight excluding hydrogens is 210 g/mol. The fourth-order valence-electron chi connectivity index (χ4n) is 1.33. The molecule has 88 valence electrons. The van der Waals surface area contributed by atoms with E-state index in [1.54, 1.807) is 0 Å². The second-order valence-corrected chi connectivity index (χ2v) is 3.85. The van der Waals surface area contributed by atoms with Crippen LogP contribution in [-0.2, 0) is 0 Å². The van der Waals surface area contributed by atoms with Gasteiger partial charge in [-0.25, -0.2) is 4.79 Å². The summed E-state index contributed by atoms with van der Waals surface area (Å²) in [6.07, 6.45) is 4.67. The van der Waals surface area contributed by atoms with E-state index in [0.717, 1.165) is 31.8 Å². The SMILES string of the molecule is O=C(O)c1coc(NCCCNC2CC2)n1. The zero-order chi connectivity index (χ0) is 11.4. The van der Waals surface area contributed by atoms with E-state index >= 15 is 0 Å². The lowest BCUT2D eigenvalue weighted by Crippen LogP contribution is -2.19. The third-order valence-electron chi connectivity index (χ3n) is 2.36. The van der Waals surface area contributed by atoms with Crippen LogP contribution >= 0.6 is 0 Å². The molecule has 0 atom stereocenters. The molecule has 3 N–H and O–H groups in total. The highest BCUT2D eigenvalue weighted by Gasteiger charge is 2.19. The number of carboxylic acids is 1. The Kier molecular flexibility index (Phi) is 3.40. The van der Waals surface area contributed by atoms with Gasteiger partial charge in [0.1, 0.15) is 6.26 Å². The summed E-state index contributed by atoms with van der Waals surface area (Å²) in [6, 6.07) is 0.990. The van der Waals surface area contributed by atoms with Gasteiger partial charge in [-0.15, -0.1) is 0 Å². The van der Waals surface area contributed by atoms with E-state index < -0.39 is 5.97 Å². The van der Waals surface area contributed by atoms with Gasteiger partial charge in [-0.05, 0) is 25.8 Å². The lowest BCUT2D eigenvalue weighted by molar-refractivity contribution is 0.0690. The Hall–Kier alpha value is -1.56. The highest BCUT2D eigenvalue weighted by atomic mass is 16.4. The average Bonchev–Trinajstić information content (AvgIpc) is 2.94. The van der Waals surface area contributed by atoms with E-state index in [9.17, 15) is 4.79 Å². The zero-order valence-electron chi connectivity index (χ0n) is 8.90. The third-order valence-corrected chi connectivity index (χ3v) is 2.36. The summed E-state index contributed by atoms with van der Waals surface area (Å²) in [5.74, 6) is -1.08. The van der Waals surface area contributed by atoms with Crippen molar-refractivity contribution in [1.29, 1.82) is 0 Å². The first-order valence-electron chi connectivity index (χ1n) is 5.42. The second-order valence-electron chi connectivity index (χ2n) is 3.85. The molecule has 16 heavy (non-hydrogen) atoms. The number of nitrogens with zero attached hydrogens (tertiary/aromatic N) is 1. The number of anilines is 1. The molecule has 0 unspecified atom stereocenters. The largest absolute Gasteiger partial charge is 0.476 e. The number of oxazole rings is 1. The molecule has 0 amide bonds. The molecule has 1 aliphatic carbocycles. The first-order chi connectivity index (χ1) is 7.75. The predicted octanol–water partition coefficient (Wildman–Crippen LogP) is 0.927. The van der Waals surface area contributed by atoms with Gasteiger partial charge in [0.05, 0.1) is 0 Å². The van der Waals surface area contributed by atoms with Crippen LogP contribution in [-0.4, -0.2) is 35.2 Å². The highest BCUT2D eigenvalue weighted by molar-refractivity contribution is 5.85.